The van der Waals surface area contributed by atoms with Crippen molar-refractivity contribution in [3.8, 4) is 5.75 Å². The van der Waals surface area contributed by atoms with Crippen LogP contribution in [0.15, 0.2) is 18.2 Å². The summed E-state index contributed by atoms with van der Waals surface area (Å²) in [6.07, 6.45) is -5.87. The zero-order valence-electron chi connectivity index (χ0n) is 7.38. The molecule has 0 radical (unpaired) electrons. The first-order valence-electron chi connectivity index (χ1n) is 3.91. The highest BCUT2D eigenvalue weighted by Gasteiger charge is 2.30. The van der Waals surface area contributed by atoms with Crippen LogP contribution < -0.4 is 0 Å². The van der Waals surface area contributed by atoms with E-state index in [1.807, 2.05) is 0 Å². The van der Waals surface area contributed by atoms with E-state index in [1.54, 1.807) is 0 Å². The van der Waals surface area contributed by atoms with Gasteiger partial charge in [-0.2, -0.15) is 13.2 Å². The third-order valence-electron chi connectivity index (χ3n) is 1.71. The van der Waals surface area contributed by atoms with Crippen molar-refractivity contribution in [2.45, 2.75) is 12.6 Å². The number of hydrogen-bond acceptors (Lipinski definition) is 2. The Morgan fingerprint density at radius 3 is 2.40 bits per heavy atom. The van der Waals surface area contributed by atoms with Crippen LogP contribution in [0.2, 0.25) is 0 Å². The van der Waals surface area contributed by atoms with Crippen molar-refractivity contribution >= 4 is 5.97 Å². The predicted molar refractivity (Wildman–Crippen MR) is 44.8 cm³/mol. The van der Waals surface area contributed by atoms with Crippen molar-refractivity contribution in [1.29, 1.82) is 0 Å². The minimum atomic E-state index is -4.50. The first kappa shape index (κ1) is 11.4. The van der Waals surface area contributed by atoms with Crippen LogP contribution in [-0.4, -0.2) is 22.4 Å². The number of alkyl halides is 3. The molecule has 0 fully saturated rings. The highest BCUT2D eigenvalue weighted by Crippen LogP contribution is 2.26. The van der Waals surface area contributed by atoms with Gasteiger partial charge >= 0.3 is 12.1 Å². The topological polar surface area (TPSA) is 57.5 Å². The summed E-state index contributed by atoms with van der Waals surface area (Å²) >= 11 is 0. The molecule has 0 spiro atoms. The normalized spacial score (nSPS) is 11.4. The summed E-state index contributed by atoms with van der Waals surface area (Å²) < 4.78 is 36.1. The standard InChI is InChI=1S/C9H7F3O3/c10-9(11,12)4-5-3-6(13)1-2-7(5)8(14)15/h1-3,13H,4H2,(H,14,15). The summed E-state index contributed by atoms with van der Waals surface area (Å²) in [6.45, 7) is 0. The van der Waals surface area contributed by atoms with E-state index in [-0.39, 0.29) is 5.75 Å². The number of aromatic carboxylic acids is 1. The molecule has 1 rings (SSSR count). The van der Waals surface area contributed by atoms with Crippen LogP contribution in [0.25, 0.3) is 0 Å². The predicted octanol–water partition coefficient (Wildman–Crippen LogP) is 2.20. The van der Waals surface area contributed by atoms with Crippen molar-refractivity contribution < 1.29 is 28.2 Å². The van der Waals surface area contributed by atoms with Gasteiger partial charge in [-0.1, -0.05) is 0 Å². The minimum Gasteiger partial charge on any atom is -0.508 e. The molecule has 15 heavy (non-hydrogen) atoms. The van der Waals surface area contributed by atoms with Gasteiger partial charge in [0, 0.05) is 0 Å². The van der Waals surface area contributed by atoms with Gasteiger partial charge in [0.2, 0.25) is 0 Å². The zero-order chi connectivity index (χ0) is 11.6. The summed E-state index contributed by atoms with van der Waals surface area (Å²) in [5.41, 5.74) is -0.903. The maximum absolute atomic E-state index is 12.0. The Kier molecular flexibility index (Phi) is 2.88. The van der Waals surface area contributed by atoms with Gasteiger partial charge in [-0.15, -0.1) is 0 Å². The molecule has 0 aromatic heterocycles. The minimum absolute atomic E-state index is 0.390. The number of carboxylic acids is 1. The van der Waals surface area contributed by atoms with E-state index < -0.39 is 29.7 Å². The molecule has 0 unspecified atom stereocenters. The van der Waals surface area contributed by atoms with Crippen molar-refractivity contribution in [3.05, 3.63) is 29.3 Å². The maximum Gasteiger partial charge on any atom is 0.393 e. The van der Waals surface area contributed by atoms with Crippen LogP contribution in [0, 0.1) is 0 Å². The summed E-state index contributed by atoms with van der Waals surface area (Å²) in [6, 6.07) is 2.78. The van der Waals surface area contributed by atoms with Gasteiger partial charge in [0.1, 0.15) is 5.75 Å². The number of phenols is 1. The third kappa shape index (κ3) is 3.16. The fraction of sp³-hybridized carbons (Fsp3) is 0.222. The van der Waals surface area contributed by atoms with Crippen LogP contribution >= 0.6 is 0 Å². The average molecular weight is 220 g/mol. The van der Waals surface area contributed by atoms with E-state index in [4.69, 9.17) is 10.2 Å². The average Bonchev–Trinajstić information content (AvgIpc) is 1.99. The van der Waals surface area contributed by atoms with Crippen LogP contribution in [0.1, 0.15) is 15.9 Å². The Hall–Kier alpha value is -1.72. The largest absolute Gasteiger partial charge is 0.508 e. The quantitative estimate of drug-likeness (QED) is 0.803. The molecule has 0 atom stereocenters. The molecular weight excluding hydrogens is 213 g/mol. The van der Waals surface area contributed by atoms with Crippen LogP contribution in [0.3, 0.4) is 0 Å². The van der Waals surface area contributed by atoms with E-state index in [1.165, 1.54) is 0 Å². The second-order valence-corrected chi connectivity index (χ2v) is 2.94. The molecule has 6 heteroatoms. The SMILES string of the molecule is O=C(O)c1ccc(O)cc1CC(F)(F)F. The van der Waals surface area contributed by atoms with Gasteiger partial charge in [-0.25, -0.2) is 4.79 Å². The Morgan fingerprint density at radius 1 is 1.33 bits per heavy atom. The van der Waals surface area contributed by atoms with Gasteiger partial charge < -0.3 is 10.2 Å². The maximum atomic E-state index is 12.0. The smallest absolute Gasteiger partial charge is 0.393 e. The van der Waals surface area contributed by atoms with Gasteiger partial charge in [0.05, 0.1) is 12.0 Å². The number of phenolic OH excluding ortho intramolecular Hbond substituents is 1. The lowest BCUT2D eigenvalue weighted by molar-refractivity contribution is -0.127. The first-order chi connectivity index (χ1) is 6.79. The molecule has 0 aliphatic heterocycles. The molecule has 1 aromatic carbocycles. The molecule has 0 aliphatic carbocycles. The molecule has 0 bridgehead atoms. The molecule has 0 heterocycles. The number of carboxylic acid groups (broad SMARTS) is 1. The third-order valence-corrected chi connectivity index (χ3v) is 1.71. The molecule has 2 N–H and O–H groups in total. The number of benzene rings is 1. The fourth-order valence-electron chi connectivity index (χ4n) is 1.15. The Morgan fingerprint density at radius 2 is 1.93 bits per heavy atom. The van der Waals surface area contributed by atoms with Crippen LogP contribution in [-0.2, 0) is 6.42 Å². The van der Waals surface area contributed by atoms with Gasteiger partial charge in [-0.05, 0) is 23.8 Å². The number of aromatic hydroxyl groups is 1. The Bertz CT molecular complexity index is 385. The summed E-state index contributed by atoms with van der Waals surface area (Å²) in [7, 11) is 0. The van der Waals surface area contributed by atoms with E-state index in [2.05, 4.69) is 0 Å². The lowest BCUT2D eigenvalue weighted by atomic mass is 10.0. The molecule has 82 valence electrons. The van der Waals surface area contributed by atoms with E-state index in [0.29, 0.717) is 0 Å². The van der Waals surface area contributed by atoms with Crippen molar-refractivity contribution in [2.24, 2.45) is 0 Å². The first-order valence-corrected chi connectivity index (χ1v) is 3.91. The van der Waals surface area contributed by atoms with Crippen molar-refractivity contribution in [3.63, 3.8) is 0 Å². The molecule has 0 saturated heterocycles. The highest BCUT2D eigenvalue weighted by atomic mass is 19.4. The zero-order valence-corrected chi connectivity index (χ0v) is 7.38. The monoisotopic (exact) mass is 220 g/mol. The van der Waals surface area contributed by atoms with Crippen molar-refractivity contribution in [1.82, 2.24) is 0 Å². The molecule has 0 aliphatic rings. The summed E-state index contributed by atoms with van der Waals surface area (Å²) in [5, 5.41) is 17.6. The summed E-state index contributed by atoms with van der Waals surface area (Å²) in [4.78, 5) is 10.6. The lowest BCUT2D eigenvalue weighted by Crippen LogP contribution is -2.14. The second kappa shape index (κ2) is 3.80. The number of carbonyl (C=O) groups is 1. The fourth-order valence-corrected chi connectivity index (χ4v) is 1.15. The van der Waals surface area contributed by atoms with Gasteiger partial charge in [-0.3, -0.25) is 0 Å². The lowest BCUT2D eigenvalue weighted by Gasteiger charge is -2.09. The molecule has 3 nitrogen and oxygen atoms in total. The molecular formula is C9H7F3O3. The second-order valence-electron chi connectivity index (χ2n) is 2.94. The number of rotatable bonds is 2. The number of hydrogen-bond donors (Lipinski definition) is 2. The van der Waals surface area contributed by atoms with Gasteiger partial charge in [0.15, 0.2) is 0 Å². The molecule has 0 amide bonds. The van der Waals surface area contributed by atoms with E-state index in [9.17, 15) is 18.0 Å². The van der Waals surface area contributed by atoms with E-state index >= 15 is 0 Å². The Labute approximate surface area is 82.8 Å². The molecule has 0 saturated carbocycles. The van der Waals surface area contributed by atoms with Gasteiger partial charge in [0.25, 0.3) is 0 Å². The Balaban J connectivity index is 3.13. The van der Waals surface area contributed by atoms with E-state index in [0.717, 1.165) is 18.2 Å². The highest BCUT2D eigenvalue weighted by molar-refractivity contribution is 5.89. The van der Waals surface area contributed by atoms with Crippen LogP contribution in [0.4, 0.5) is 13.2 Å². The summed E-state index contributed by atoms with van der Waals surface area (Å²) in [5.74, 6) is -1.84. The number of halogens is 3. The van der Waals surface area contributed by atoms with Crippen molar-refractivity contribution in [2.75, 3.05) is 0 Å². The van der Waals surface area contributed by atoms with Crippen LogP contribution in [0.5, 0.6) is 5.75 Å². The molecule has 1 aromatic rings.